The molecule has 2 atom stereocenters. The van der Waals surface area contributed by atoms with Crippen LogP contribution in [0, 0.1) is 24.6 Å². The van der Waals surface area contributed by atoms with Gasteiger partial charge in [-0.1, -0.05) is 6.92 Å². The summed E-state index contributed by atoms with van der Waals surface area (Å²) in [6.07, 6.45) is 0. The highest BCUT2D eigenvalue weighted by atomic mass is 19.1. The van der Waals surface area contributed by atoms with Crippen LogP contribution in [0.5, 0.6) is 0 Å². The lowest BCUT2D eigenvalue weighted by Gasteiger charge is -2.14. The van der Waals surface area contributed by atoms with Crippen molar-refractivity contribution < 1.29 is 9.18 Å². The van der Waals surface area contributed by atoms with Gasteiger partial charge in [0.1, 0.15) is 5.82 Å². The molecule has 1 aliphatic heterocycles. The Bertz CT molecular complexity index is 433. The molecule has 3 nitrogen and oxygen atoms in total. The van der Waals surface area contributed by atoms with E-state index in [9.17, 15) is 9.18 Å². The van der Waals surface area contributed by atoms with E-state index in [2.05, 4.69) is 17.6 Å². The molecule has 4 heteroatoms. The monoisotopic (exact) mass is 236 g/mol. The Hall–Kier alpha value is -1.42. The quantitative estimate of drug-likeness (QED) is 0.823. The Kier molecular flexibility index (Phi) is 3.43. The van der Waals surface area contributed by atoms with Gasteiger partial charge in [-0.3, -0.25) is 4.79 Å². The van der Waals surface area contributed by atoms with Crippen LogP contribution >= 0.6 is 0 Å². The maximum Gasteiger partial charge on any atom is 0.229 e. The summed E-state index contributed by atoms with van der Waals surface area (Å²) in [7, 11) is 0. The molecule has 0 aromatic heterocycles. The zero-order valence-corrected chi connectivity index (χ0v) is 10.1. The first-order valence-electron chi connectivity index (χ1n) is 5.85. The molecule has 0 spiro atoms. The van der Waals surface area contributed by atoms with Gasteiger partial charge in [-0.15, -0.1) is 0 Å². The Morgan fingerprint density at radius 1 is 1.47 bits per heavy atom. The minimum Gasteiger partial charge on any atom is -0.326 e. The van der Waals surface area contributed by atoms with Crippen LogP contribution in [-0.2, 0) is 4.79 Å². The summed E-state index contributed by atoms with van der Waals surface area (Å²) in [5.41, 5.74) is 1.20. The van der Waals surface area contributed by atoms with Crippen LogP contribution < -0.4 is 10.6 Å². The largest absolute Gasteiger partial charge is 0.326 e. The molecule has 0 aliphatic carbocycles. The summed E-state index contributed by atoms with van der Waals surface area (Å²) in [5.74, 6) is 0.101. The molecule has 1 saturated heterocycles. The second-order valence-electron chi connectivity index (χ2n) is 4.70. The molecular weight excluding hydrogens is 219 g/mol. The lowest BCUT2D eigenvalue weighted by atomic mass is 9.97. The lowest BCUT2D eigenvalue weighted by molar-refractivity contribution is -0.120. The fourth-order valence-corrected chi connectivity index (χ4v) is 2.12. The Labute approximate surface area is 100 Å². The number of anilines is 1. The highest BCUT2D eigenvalue weighted by Gasteiger charge is 2.29. The fraction of sp³-hybridized carbons (Fsp3) is 0.462. The first-order chi connectivity index (χ1) is 8.08. The highest BCUT2D eigenvalue weighted by Crippen LogP contribution is 2.19. The van der Waals surface area contributed by atoms with E-state index in [-0.39, 0.29) is 17.6 Å². The third-order valence-electron chi connectivity index (χ3n) is 3.28. The molecule has 92 valence electrons. The van der Waals surface area contributed by atoms with E-state index >= 15 is 0 Å². The number of aryl methyl sites for hydroxylation is 1. The number of hydrogen-bond donors (Lipinski definition) is 2. The number of amides is 1. The minimum absolute atomic E-state index is 0.000333. The van der Waals surface area contributed by atoms with Gasteiger partial charge in [0.2, 0.25) is 5.91 Å². The van der Waals surface area contributed by atoms with Crippen LogP contribution in [-0.4, -0.2) is 19.0 Å². The van der Waals surface area contributed by atoms with Crippen molar-refractivity contribution in [3.8, 4) is 0 Å². The summed E-state index contributed by atoms with van der Waals surface area (Å²) in [4.78, 5) is 12.0. The molecule has 2 rings (SSSR count). The molecule has 1 aromatic carbocycles. The molecule has 17 heavy (non-hydrogen) atoms. The second kappa shape index (κ2) is 4.84. The predicted molar refractivity (Wildman–Crippen MR) is 65.3 cm³/mol. The van der Waals surface area contributed by atoms with Crippen molar-refractivity contribution in [1.29, 1.82) is 0 Å². The second-order valence-corrected chi connectivity index (χ2v) is 4.70. The normalized spacial score (nSPS) is 23.7. The van der Waals surface area contributed by atoms with Crippen molar-refractivity contribution in [2.24, 2.45) is 11.8 Å². The molecule has 2 unspecified atom stereocenters. The number of benzene rings is 1. The van der Waals surface area contributed by atoms with E-state index in [4.69, 9.17) is 0 Å². The molecule has 2 N–H and O–H groups in total. The third kappa shape index (κ3) is 2.64. The van der Waals surface area contributed by atoms with Crippen LogP contribution in [0.15, 0.2) is 18.2 Å². The number of hydrogen-bond acceptors (Lipinski definition) is 2. The van der Waals surface area contributed by atoms with Crippen molar-refractivity contribution in [1.82, 2.24) is 5.32 Å². The Morgan fingerprint density at radius 2 is 2.24 bits per heavy atom. The van der Waals surface area contributed by atoms with E-state index in [0.29, 0.717) is 23.7 Å². The molecule has 0 bridgehead atoms. The maximum absolute atomic E-state index is 13.1. The molecular formula is C13H17FN2O. The van der Waals surface area contributed by atoms with Gasteiger partial charge in [0.25, 0.3) is 0 Å². The number of halogens is 1. The SMILES string of the molecule is Cc1cc(NC(=O)C2CNCC2C)ccc1F. The minimum atomic E-state index is -0.251. The molecule has 1 aromatic rings. The third-order valence-corrected chi connectivity index (χ3v) is 3.28. The van der Waals surface area contributed by atoms with E-state index < -0.39 is 0 Å². The average Bonchev–Trinajstić information content (AvgIpc) is 2.70. The van der Waals surface area contributed by atoms with Crippen LogP contribution in [0.3, 0.4) is 0 Å². The standard InChI is InChI=1S/C13H17FN2O/c1-8-5-10(3-4-12(8)14)16-13(17)11-7-15-6-9(11)2/h3-5,9,11,15H,6-7H2,1-2H3,(H,16,17). The van der Waals surface area contributed by atoms with Crippen LogP contribution in [0.25, 0.3) is 0 Å². The zero-order chi connectivity index (χ0) is 12.4. The van der Waals surface area contributed by atoms with Gasteiger partial charge in [-0.2, -0.15) is 0 Å². The number of carbonyl (C=O) groups is 1. The van der Waals surface area contributed by atoms with Gasteiger partial charge in [0.05, 0.1) is 5.92 Å². The summed E-state index contributed by atoms with van der Waals surface area (Å²) in [6, 6.07) is 4.62. The highest BCUT2D eigenvalue weighted by molar-refractivity contribution is 5.93. The van der Waals surface area contributed by atoms with Crippen molar-refractivity contribution in [3.05, 3.63) is 29.6 Å². The van der Waals surface area contributed by atoms with Crippen molar-refractivity contribution >= 4 is 11.6 Å². The average molecular weight is 236 g/mol. The van der Waals surface area contributed by atoms with Gasteiger partial charge < -0.3 is 10.6 Å². The molecule has 0 radical (unpaired) electrons. The summed E-state index contributed by atoms with van der Waals surface area (Å²) in [5, 5.41) is 6.03. The van der Waals surface area contributed by atoms with Gasteiger partial charge in [0, 0.05) is 12.2 Å². The number of rotatable bonds is 2. The molecule has 1 heterocycles. The van der Waals surface area contributed by atoms with Gasteiger partial charge >= 0.3 is 0 Å². The van der Waals surface area contributed by atoms with E-state index in [1.54, 1.807) is 19.1 Å². The predicted octanol–water partition coefficient (Wildman–Crippen LogP) is 1.93. The van der Waals surface area contributed by atoms with E-state index in [0.717, 1.165) is 6.54 Å². The first kappa shape index (κ1) is 12.0. The van der Waals surface area contributed by atoms with E-state index in [1.165, 1.54) is 6.07 Å². The number of nitrogens with one attached hydrogen (secondary N) is 2. The molecule has 1 fully saturated rings. The fourth-order valence-electron chi connectivity index (χ4n) is 2.12. The van der Waals surface area contributed by atoms with Crippen molar-refractivity contribution in [2.45, 2.75) is 13.8 Å². The Morgan fingerprint density at radius 3 is 2.82 bits per heavy atom. The van der Waals surface area contributed by atoms with Gasteiger partial charge in [0.15, 0.2) is 0 Å². The van der Waals surface area contributed by atoms with Crippen LogP contribution in [0.2, 0.25) is 0 Å². The first-order valence-corrected chi connectivity index (χ1v) is 5.85. The molecule has 0 saturated carbocycles. The molecule has 1 aliphatic rings. The summed E-state index contributed by atoms with van der Waals surface area (Å²) >= 11 is 0. The summed E-state index contributed by atoms with van der Waals surface area (Å²) < 4.78 is 13.1. The van der Waals surface area contributed by atoms with Crippen molar-refractivity contribution in [3.63, 3.8) is 0 Å². The smallest absolute Gasteiger partial charge is 0.229 e. The van der Waals surface area contributed by atoms with Crippen molar-refractivity contribution in [2.75, 3.05) is 18.4 Å². The lowest BCUT2D eigenvalue weighted by Crippen LogP contribution is -2.27. The molecule has 1 amide bonds. The van der Waals surface area contributed by atoms with Crippen LogP contribution in [0.4, 0.5) is 10.1 Å². The zero-order valence-electron chi connectivity index (χ0n) is 10.1. The Balaban J connectivity index is 2.05. The number of carbonyl (C=O) groups excluding carboxylic acids is 1. The van der Waals surface area contributed by atoms with Gasteiger partial charge in [-0.05, 0) is 43.1 Å². The van der Waals surface area contributed by atoms with E-state index in [1.807, 2.05) is 0 Å². The summed E-state index contributed by atoms with van der Waals surface area (Å²) in [6.45, 7) is 5.33. The topological polar surface area (TPSA) is 41.1 Å². The van der Waals surface area contributed by atoms with Crippen LogP contribution in [0.1, 0.15) is 12.5 Å². The maximum atomic E-state index is 13.1. The van der Waals surface area contributed by atoms with Gasteiger partial charge in [-0.25, -0.2) is 4.39 Å².